The number of ether oxygens (including phenoxy) is 1. The summed E-state index contributed by atoms with van der Waals surface area (Å²) < 4.78 is 5.74. The van der Waals surface area contributed by atoms with Gasteiger partial charge in [-0.3, -0.25) is 4.79 Å². The molecular weight excluding hydrogens is 310 g/mol. The van der Waals surface area contributed by atoms with Gasteiger partial charge in [0.05, 0.1) is 24.8 Å². The molecule has 0 amide bonds. The molecule has 0 bridgehead atoms. The number of hydrogen-bond acceptors (Lipinski definition) is 4. The number of aliphatic hydroxyl groups excluding tert-OH is 1. The third-order valence-electron chi connectivity index (χ3n) is 2.65. The molecule has 0 fully saturated rings. The van der Waals surface area contributed by atoms with Crippen LogP contribution in [0.25, 0.3) is 0 Å². The largest absolute Gasteiger partial charge is 0.466 e. The minimum absolute atomic E-state index is 0.00334. The first-order chi connectivity index (χ1) is 8.93. The van der Waals surface area contributed by atoms with Gasteiger partial charge in [0.2, 0.25) is 0 Å². The topological polar surface area (TPSA) is 58.6 Å². The van der Waals surface area contributed by atoms with Gasteiger partial charge in [-0.05, 0) is 53.9 Å². The van der Waals surface area contributed by atoms with Crippen molar-refractivity contribution in [3.63, 3.8) is 0 Å². The Labute approximate surface area is 122 Å². The highest BCUT2D eigenvalue weighted by Crippen LogP contribution is 2.27. The Bertz CT molecular complexity index is 425. The third-order valence-corrected chi connectivity index (χ3v) is 3.28. The van der Waals surface area contributed by atoms with Crippen LogP contribution >= 0.6 is 15.9 Å². The minimum atomic E-state index is -0.758. The van der Waals surface area contributed by atoms with E-state index in [0.717, 1.165) is 15.7 Å². The zero-order chi connectivity index (χ0) is 14.4. The molecule has 0 heterocycles. The molecule has 0 aliphatic heterocycles. The van der Waals surface area contributed by atoms with E-state index in [4.69, 9.17) is 4.74 Å². The zero-order valence-corrected chi connectivity index (χ0v) is 13.1. The second-order valence-electron chi connectivity index (χ2n) is 4.48. The molecule has 0 radical (unpaired) electrons. The van der Waals surface area contributed by atoms with Gasteiger partial charge in [-0.2, -0.15) is 0 Å². The maximum absolute atomic E-state index is 11.2. The lowest BCUT2D eigenvalue weighted by Crippen LogP contribution is -2.24. The normalized spacial score (nSPS) is 12.1. The first-order valence-electron chi connectivity index (χ1n) is 6.28. The van der Waals surface area contributed by atoms with Crippen molar-refractivity contribution in [2.24, 2.45) is 0 Å². The molecule has 0 spiro atoms. The fraction of sp³-hybridized carbons (Fsp3) is 0.500. The first kappa shape index (κ1) is 16.0. The lowest BCUT2D eigenvalue weighted by Gasteiger charge is -2.15. The van der Waals surface area contributed by atoms with Crippen LogP contribution < -0.4 is 5.32 Å². The number of carbonyl (C=O) groups excluding carboxylic acids is 1. The molecule has 1 unspecified atom stereocenters. The predicted molar refractivity (Wildman–Crippen MR) is 79.4 cm³/mol. The van der Waals surface area contributed by atoms with Gasteiger partial charge < -0.3 is 15.2 Å². The summed E-state index contributed by atoms with van der Waals surface area (Å²) in [6, 6.07) is 4.07. The molecule has 1 atom stereocenters. The van der Waals surface area contributed by atoms with Gasteiger partial charge in [0.15, 0.2) is 0 Å². The number of aryl methyl sites for hydroxylation is 2. The van der Waals surface area contributed by atoms with E-state index in [-0.39, 0.29) is 12.4 Å². The molecular formula is C14H20BrNO3. The Morgan fingerprint density at radius 2 is 2.16 bits per heavy atom. The molecule has 4 nitrogen and oxygen atoms in total. The van der Waals surface area contributed by atoms with E-state index in [1.54, 1.807) is 6.92 Å². The van der Waals surface area contributed by atoms with E-state index in [0.29, 0.717) is 13.2 Å². The molecule has 0 saturated carbocycles. The van der Waals surface area contributed by atoms with E-state index < -0.39 is 6.10 Å². The maximum atomic E-state index is 11.2. The quantitative estimate of drug-likeness (QED) is 0.788. The number of aliphatic hydroxyl groups is 1. The summed E-state index contributed by atoms with van der Waals surface area (Å²) in [4.78, 5) is 11.2. The van der Waals surface area contributed by atoms with Gasteiger partial charge in [-0.15, -0.1) is 0 Å². The third kappa shape index (κ3) is 5.20. The minimum Gasteiger partial charge on any atom is -0.466 e. The molecule has 19 heavy (non-hydrogen) atoms. The fourth-order valence-corrected chi connectivity index (χ4v) is 2.66. The molecule has 1 rings (SSSR count). The van der Waals surface area contributed by atoms with Gasteiger partial charge in [0, 0.05) is 11.0 Å². The van der Waals surface area contributed by atoms with Gasteiger partial charge >= 0.3 is 5.97 Å². The zero-order valence-electron chi connectivity index (χ0n) is 11.5. The average molecular weight is 330 g/mol. The highest BCUT2D eigenvalue weighted by Gasteiger charge is 2.13. The van der Waals surface area contributed by atoms with Crippen LogP contribution in [-0.4, -0.2) is 30.3 Å². The second kappa shape index (κ2) is 7.50. The number of anilines is 1. The van der Waals surface area contributed by atoms with Gasteiger partial charge in [0.25, 0.3) is 0 Å². The molecule has 0 aliphatic carbocycles. The van der Waals surface area contributed by atoms with E-state index in [9.17, 15) is 9.90 Å². The summed E-state index contributed by atoms with van der Waals surface area (Å²) in [5.41, 5.74) is 3.20. The lowest BCUT2D eigenvalue weighted by molar-refractivity contribution is -0.145. The number of benzene rings is 1. The molecule has 1 aromatic carbocycles. The SMILES string of the molecule is CCOC(=O)CC(O)CNc1c(C)cc(C)cc1Br. The van der Waals surface area contributed by atoms with Crippen molar-refractivity contribution in [3.05, 3.63) is 27.7 Å². The number of rotatable bonds is 6. The Hall–Kier alpha value is -1.07. The molecule has 1 aromatic rings. The van der Waals surface area contributed by atoms with Crippen molar-refractivity contribution in [3.8, 4) is 0 Å². The van der Waals surface area contributed by atoms with Crippen molar-refractivity contribution >= 4 is 27.6 Å². The number of esters is 1. The van der Waals surface area contributed by atoms with Crippen molar-refractivity contribution in [2.75, 3.05) is 18.5 Å². The van der Waals surface area contributed by atoms with Crippen LogP contribution in [0.3, 0.4) is 0 Å². The van der Waals surface area contributed by atoms with E-state index in [2.05, 4.69) is 27.3 Å². The molecule has 0 saturated heterocycles. The van der Waals surface area contributed by atoms with Gasteiger partial charge in [-0.1, -0.05) is 6.07 Å². The summed E-state index contributed by atoms with van der Waals surface area (Å²) in [5.74, 6) is -0.378. The van der Waals surface area contributed by atoms with Gasteiger partial charge in [0.1, 0.15) is 0 Å². The van der Waals surface area contributed by atoms with E-state index in [1.807, 2.05) is 19.9 Å². The van der Waals surface area contributed by atoms with Crippen LogP contribution in [-0.2, 0) is 9.53 Å². The Morgan fingerprint density at radius 3 is 2.74 bits per heavy atom. The Kier molecular flexibility index (Phi) is 6.31. The van der Waals surface area contributed by atoms with Crippen LogP contribution in [0, 0.1) is 13.8 Å². The second-order valence-corrected chi connectivity index (χ2v) is 5.34. The number of halogens is 1. The monoisotopic (exact) mass is 329 g/mol. The summed E-state index contributed by atoms with van der Waals surface area (Å²) >= 11 is 3.49. The smallest absolute Gasteiger partial charge is 0.308 e. The maximum Gasteiger partial charge on any atom is 0.308 e. The lowest BCUT2D eigenvalue weighted by atomic mass is 10.1. The predicted octanol–water partition coefficient (Wildman–Crippen LogP) is 2.79. The first-order valence-corrected chi connectivity index (χ1v) is 7.07. The number of hydrogen-bond donors (Lipinski definition) is 2. The van der Waals surface area contributed by atoms with E-state index >= 15 is 0 Å². The van der Waals surface area contributed by atoms with Crippen LogP contribution in [0.4, 0.5) is 5.69 Å². The average Bonchev–Trinajstić information content (AvgIpc) is 2.27. The standard InChI is InChI=1S/C14H20BrNO3/c1-4-19-13(18)7-11(17)8-16-14-10(3)5-9(2)6-12(14)15/h5-6,11,16-17H,4,7-8H2,1-3H3. The highest BCUT2D eigenvalue weighted by atomic mass is 79.9. The van der Waals surface area contributed by atoms with Crippen LogP contribution in [0.1, 0.15) is 24.5 Å². The Morgan fingerprint density at radius 1 is 1.47 bits per heavy atom. The summed E-state index contributed by atoms with van der Waals surface area (Å²) in [6.07, 6.45) is -0.754. The molecule has 106 valence electrons. The molecule has 5 heteroatoms. The highest BCUT2D eigenvalue weighted by molar-refractivity contribution is 9.10. The van der Waals surface area contributed by atoms with Crippen LogP contribution in [0.2, 0.25) is 0 Å². The van der Waals surface area contributed by atoms with Crippen molar-refractivity contribution in [2.45, 2.75) is 33.3 Å². The Balaban J connectivity index is 2.55. The summed E-state index contributed by atoms with van der Waals surface area (Å²) in [7, 11) is 0. The van der Waals surface area contributed by atoms with Crippen LogP contribution in [0.15, 0.2) is 16.6 Å². The number of carbonyl (C=O) groups is 1. The summed E-state index contributed by atoms with van der Waals surface area (Å²) in [6.45, 7) is 6.41. The van der Waals surface area contributed by atoms with Crippen molar-refractivity contribution in [1.82, 2.24) is 0 Å². The van der Waals surface area contributed by atoms with Crippen molar-refractivity contribution < 1.29 is 14.6 Å². The number of nitrogens with one attached hydrogen (secondary N) is 1. The molecule has 0 aromatic heterocycles. The van der Waals surface area contributed by atoms with E-state index in [1.165, 1.54) is 5.56 Å². The molecule has 2 N–H and O–H groups in total. The van der Waals surface area contributed by atoms with Crippen molar-refractivity contribution in [1.29, 1.82) is 0 Å². The summed E-state index contributed by atoms with van der Waals surface area (Å²) in [5, 5.41) is 12.9. The van der Waals surface area contributed by atoms with Crippen LogP contribution in [0.5, 0.6) is 0 Å². The van der Waals surface area contributed by atoms with Gasteiger partial charge in [-0.25, -0.2) is 0 Å². The fourth-order valence-electron chi connectivity index (χ4n) is 1.84. The molecule has 0 aliphatic rings.